The van der Waals surface area contributed by atoms with E-state index in [-0.39, 0.29) is 5.41 Å². The third kappa shape index (κ3) is 1.79. The lowest BCUT2D eigenvalue weighted by molar-refractivity contribution is 0.629. The molecule has 3 aliphatic carbocycles. The number of rotatable bonds is 0. The molecule has 1 spiro atoms. The second kappa shape index (κ2) is 5.33. The summed E-state index contributed by atoms with van der Waals surface area (Å²) in [5.74, 6) is 0.564. The van der Waals surface area contributed by atoms with Gasteiger partial charge in [0.2, 0.25) is 0 Å². The molecule has 2 atom stereocenters. The van der Waals surface area contributed by atoms with Crippen LogP contribution < -0.4 is 0 Å². The Kier molecular flexibility index (Phi) is 3.09. The molecule has 3 aromatic carbocycles. The van der Waals surface area contributed by atoms with E-state index >= 15 is 0 Å². The van der Waals surface area contributed by atoms with Crippen molar-refractivity contribution in [3.8, 4) is 11.1 Å². The van der Waals surface area contributed by atoms with Gasteiger partial charge in [0.15, 0.2) is 0 Å². The van der Waals surface area contributed by atoms with Crippen molar-refractivity contribution in [2.75, 3.05) is 0 Å². The molecule has 0 nitrogen and oxygen atoms in total. The standard InChI is InChI=1S/C26H19Br/c1-16-13-14-19-17-7-2-4-10-21(17)26(23(19)15-16)22-11-5-3-8-18(22)20-9-6-12-24(27)25(20)26/h2-14,16H,15H2,1H3. The number of halogens is 1. The van der Waals surface area contributed by atoms with Gasteiger partial charge in [0.25, 0.3) is 0 Å². The van der Waals surface area contributed by atoms with Crippen molar-refractivity contribution in [1.82, 2.24) is 0 Å². The maximum Gasteiger partial charge on any atom is 0.0699 e. The molecule has 0 bridgehead atoms. The molecule has 27 heavy (non-hydrogen) atoms. The molecule has 130 valence electrons. The molecule has 6 rings (SSSR count). The van der Waals surface area contributed by atoms with Gasteiger partial charge in [-0.3, -0.25) is 0 Å². The molecular weight excluding hydrogens is 392 g/mol. The zero-order chi connectivity index (χ0) is 18.2. The van der Waals surface area contributed by atoms with E-state index in [9.17, 15) is 0 Å². The molecule has 0 saturated heterocycles. The van der Waals surface area contributed by atoms with Crippen LogP contribution in [0.5, 0.6) is 0 Å². The van der Waals surface area contributed by atoms with E-state index in [0.29, 0.717) is 5.92 Å². The average molecular weight is 411 g/mol. The summed E-state index contributed by atoms with van der Waals surface area (Å²) >= 11 is 3.93. The summed E-state index contributed by atoms with van der Waals surface area (Å²) in [5, 5.41) is 0. The molecule has 2 unspecified atom stereocenters. The quantitative estimate of drug-likeness (QED) is 0.369. The van der Waals surface area contributed by atoms with Crippen LogP contribution in [0.15, 0.2) is 88.9 Å². The monoisotopic (exact) mass is 410 g/mol. The molecule has 0 fully saturated rings. The summed E-state index contributed by atoms with van der Waals surface area (Å²) < 4.78 is 1.21. The lowest BCUT2D eigenvalue weighted by Crippen LogP contribution is -2.29. The van der Waals surface area contributed by atoms with Crippen molar-refractivity contribution in [2.45, 2.75) is 18.8 Å². The zero-order valence-electron chi connectivity index (χ0n) is 15.2. The highest BCUT2D eigenvalue weighted by Gasteiger charge is 2.53. The molecular formula is C26H19Br. The summed E-state index contributed by atoms with van der Waals surface area (Å²) in [6.07, 6.45) is 5.85. The SMILES string of the molecule is CC1C=CC2=C(C1)C1(c3ccccc32)c2ccccc2-c2cccc(Br)c21. The van der Waals surface area contributed by atoms with E-state index in [1.54, 1.807) is 5.57 Å². The lowest BCUT2D eigenvalue weighted by Gasteiger charge is -2.35. The van der Waals surface area contributed by atoms with Crippen molar-refractivity contribution in [1.29, 1.82) is 0 Å². The van der Waals surface area contributed by atoms with Gasteiger partial charge in [-0.2, -0.15) is 0 Å². The molecule has 3 aromatic rings. The number of benzene rings is 3. The lowest BCUT2D eigenvalue weighted by atomic mass is 9.67. The Morgan fingerprint density at radius 2 is 1.48 bits per heavy atom. The summed E-state index contributed by atoms with van der Waals surface area (Å²) in [6.45, 7) is 2.33. The largest absolute Gasteiger partial charge is 0.0808 e. The Morgan fingerprint density at radius 3 is 2.30 bits per heavy atom. The summed E-state index contributed by atoms with van der Waals surface area (Å²) in [7, 11) is 0. The van der Waals surface area contributed by atoms with Gasteiger partial charge >= 0.3 is 0 Å². The summed E-state index contributed by atoms with van der Waals surface area (Å²) in [5.41, 5.74) is 11.3. The van der Waals surface area contributed by atoms with Crippen LogP contribution in [0.25, 0.3) is 16.7 Å². The van der Waals surface area contributed by atoms with E-state index < -0.39 is 0 Å². The molecule has 0 aromatic heterocycles. The normalized spacial score (nSPS) is 24.0. The van der Waals surface area contributed by atoms with Crippen molar-refractivity contribution in [2.24, 2.45) is 5.92 Å². The van der Waals surface area contributed by atoms with Crippen LogP contribution in [0.4, 0.5) is 0 Å². The fraction of sp³-hybridized carbons (Fsp3) is 0.154. The molecule has 0 N–H and O–H groups in total. The van der Waals surface area contributed by atoms with Gasteiger partial charge in [0.05, 0.1) is 5.41 Å². The predicted molar refractivity (Wildman–Crippen MR) is 116 cm³/mol. The smallest absolute Gasteiger partial charge is 0.0699 e. The Morgan fingerprint density at radius 1 is 0.815 bits per heavy atom. The number of hydrogen-bond donors (Lipinski definition) is 0. The maximum atomic E-state index is 3.93. The second-order valence-electron chi connectivity index (χ2n) is 7.94. The summed E-state index contributed by atoms with van der Waals surface area (Å²) in [6, 6.07) is 24.7. The van der Waals surface area contributed by atoms with Gasteiger partial charge < -0.3 is 0 Å². The van der Waals surface area contributed by atoms with Crippen LogP contribution in [0, 0.1) is 5.92 Å². The minimum Gasteiger partial charge on any atom is -0.0808 e. The minimum atomic E-state index is -0.170. The average Bonchev–Trinajstić information content (AvgIpc) is 3.16. The first-order valence-corrected chi connectivity index (χ1v) is 10.4. The van der Waals surface area contributed by atoms with E-state index in [4.69, 9.17) is 0 Å². The van der Waals surface area contributed by atoms with Crippen LogP contribution in [-0.4, -0.2) is 0 Å². The van der Waals surface area contributed by atoms with Crippen LogP contribution >= 0.6 is 15.9 Å². The fourth-order valence-corrected chi connectivity index (χ4v) is 6.24. The molecule has 0 amide bonds. The van der Waals surface area contributed by atoms with Gasteiger partial charge in [-0.05, 0) is 62.9 Å². The third-order valence-electron chi connectivity index (χ3n) is 6.53. The second-order valence-corrected chi connectivity index (χ2v) is 8.79. The van der Waals surface area contributed by atoms with Crippen LogP contribution in [0.2, 0.25) is 0 Å². The highest BCUT2D eigenvalue weighted by atomic mass is 79.9. The minimum absolute atomic E-state index is 0.170. The summed E-state index contributed by atoms with van der Waals surface area (Å²) in [4.78, 5) is 0. The molecule has 1 heteroatoms. The van der Waals surface area contributed by atoms with Gasteiger partial charge in [-0.15, -0.1) is 0 Å². The number of fused-ring (bicyclic) bond motifs is 9. The van der Waals surface area contributed by atoms with Crippen molar-refractivity contribution >= 4 is 21.5 Å². The van der Waals surface area contributed by atoms with E-state index in [0.717, 1.165) is 6.42 Å². The predicted octanol–water partition coefficient (Wildman–Crippen LogP) is 7.13. The maximum absolute atomic E-state index is 3.93. The van der Waals surface area contributed by atoms with Crippen molar-refractivity contribution < 1.29 is 0 Å². The number of hydrogen-bond acceptors (Lipinski definition) is 0. The van der Waals surface area contributed by atoms with E-state index in [2.05, 4.69) is 102 Å². The van der Waals surface area contributed by atoms with Crippen LogP contribution in [0.3, 0.4) is 0 Å². The molecule has 0 saturated carbocycles. The molecule has 0 radical (unpaired) electrons. The Labute approximate surface area is 168 Å². The third-order valence-corrected chi connectivity index (χ3v) is 7.19. The van der Waals surface area contributed by atoms with Gasteiger partial charge in [-0.25, -0.2) is 0 Å². The Bertz CT molecular complexity index is 1180. The van der Waals surface area contributed by atoms with E-state index in [1.165, 1.54) is 43.4 Å². The highest BCUT2D eigenvalue weighted by Crippen LogP contribution is 2.64. The topological polar surface area (TPSA) is 0 Å². The van der Waals surface area contributed by atoms with Crippen LogP contribution in [-0.2, 0) is 5.41 Å². The van der Waals surface area contributed by atoms with Crippen LogP contribution in [0.1, 0.15) is 35.6 Å². The first kappa shape index (κ1) is 15.7. The fourth-order valence-electron chi connectivity index (χ4n) is 5.58. The zero-order valence-corrected chi connectivity index (χ0v) is 16.8. The Balaban J connectivity index is 1.84. The highest BCUT2D eigenvalue weighted by molar-refractivity contribution is 9.10. The molecule has 3 aliphatic rings. The van der Waals surface area contributed by atoms with Gasteiger partial charge in [0, 0.05) is 4.47 Å². The number of allylic oxidation sites excluding steroid dienone is 4. The Hall–Kier alpha value is -2.38. The first-order chi connectivity index (χ1) is 13.2. The first-order valence-electron chi connectivity index (χ1n) is 9.63. The van der Waals surface area contributed by atoms with Crippen molar-refractivity contribution in [3.63, 3.8) is 0 Å². The molecule has 0 aliphatic heterocycles. The molecule has 0 heterocycles. The van der Waals surface area contributed by atoms with Gasteiger partial charge in [0.1, 0.15) is 0 Å². The van der Waals surface area contributed by atoms with Crippen molar-refractivity contribution in [3.05, 3.63) is 111 Å². The van der Waals surface area contributed by atoms with Gasteiger partial charge in [-0.1, -0.05) is 95.7 Å². The van der Waals surface area contributed by atoms with E-state index in [1.807, 2.05) is 0 Å².